The number of methoxy groups -OCH3 is 1. The highest BCUT2D eigenvalue weighted by atomic mass is 32.1. The highest BCUT2D eigenvalue weighted by molar-refractivity contribution is 7.15. The van der Waals surface area contributed by atoms with Gasteiger partial charge >= 0.3 is 11.9 Å². The molecule has 2 aliphatic rings. The number of carbonyl (C=O) groups is 2. The molecule has 392 valence electrons. The first-order valence-electron chi connectivity index (χ1n) is 27.2. The smallest absolute Gasteiger partial charge is 0.337 e. The van der Waals surface area contributed by atoms with Crippen molar-refractivity contribution in [3.05, 3.63) is 171 Å². The third kappa shape index (κ3) is 9.90. The van der Waals surface area contributed by atoms with Gasteiger partial charge in [0.15, 0.2) is 0 Å². The van der Waals surface area contributed by atoms with Crippen LogP contribution in [0.25, 0.3) is 87.3 Å². The van der Waals surface area contributed by atoms with Gasteiger partial charge in [0.05, 0.1) is 77.5 Å². The number of nitrogens with one attached hydrogen (secondary N) is 1. The zero-order valence-corrected chi connectivity index (χ0v) is 46.3. The largest absolute Gasteiger partial charge is 0.478 e. The van der Waals surface area contributed by atoms with Crippen molar-refractivity contribution in [2.75, 3.05) is 7.11 Å². The van der Waals surface area contributed by atoms with Gasteiger partial charge in [-0.15, -0.1) is 22.7 Å². The number of esters is 1. The average molecular weight is 1070 g/mol. The van der Waals surface area contributed by atoms with Gasteiger partial charge in [-0.25, -0.2) is 29.5 Å². The Hall–Kier alpha value is -7.87. The summed E-state index contributed by atoms with van der Waals surface area (Å²) >= 11 is 3.37. The molecule has 78 heavy (non-hydrogen) atoms. The maximum absolute atomic E-state index is 12.2. The lowest BCUT2D eigenvalue weighted by atomic mass is 9.81. The van der Waals surface area contributed by atoms with E-state index in [-0.39, 0.29) is 5.97 Å². The third-order valence-electron chi connectivity index (χ3n) is 15.9. The number of carboxylic acid groups (broad SMARTS) is 1. The number of nitrogens with zero attached hydrogens (tertiary/aromatic N) is 6. The van der Waals surface area contributed by atoms with Gasteiger partial charge in [-0.2, -0.15) is 0 Å². The summed E-state index contributed by atoms with van der Waals surface area (Å²) in [6, 6.07) is 37.2. The molecule has 7 heterocycles. The zero-order chi connectivity index (χ0) is 53.6. The van der Waals surface area contributed by atoms with E-state index in [1.54, 1.807) is 28.7 Å². The van der Waals surface area contributed by atoms with E-state index < -0.39 is 5.97 Å². The van der Waals surface area contributed by atoms with Crippen molar-refractivity contribution >= 4 is 78.2 Å². The predicted molar refractivity (Wildman–Crippen MR) is 316 cm³/mol. The Morgan fingerprint density at radius 2 is 1.18 bits per heavy atom. The number of aromatic nitrogens is 7. The Kier molecular flexibility index (Phi) is 14.0. The summed E-state index contributed by atoms with van der Waals surface area (Å²) in [5.41, 5.74) is 17.2. The van der Waals surface area contributed by atoms with Gasteiger partial charge in [0.2, 0.25) is 0 Å². The molecule has 2 N–H and O–H groups in total. The summed E-state index contributed by atoms with van der Waals surface area (Å²) in [5, 5.41) is 16.5. The molecular formula is C65H61N7O4S2. The first-order chi connectivity index (χ1) is 38.0. The Morgan fingerprint density at radius 1 is 0.615 bits per heavy atom. The minimum Gasteiger partial charge on any atom is -0.478 e. The van der Waals surface area contributed by atoms with Crippen molar-refractivity contribution in [3.8, 4) is 43.7 Å². The van der Waals surface area contributed by atoms with Gasteiger partial charge < -0.3 is 19.4 Å². The van der Waals surface area contributed by atoms with Crippen molar-refractivity contribution in [2.45, 2.75) is 110 Å². The highest BCUT2D eigenvalue weighted by Gasteiger charge is 2.29. The summed E-state index contributed by atoms with van der Waals surface area (Å²) in [5.74, 6) is -0.279. The number of pyridine rings is 3. The van der Waals surface area contributed by atoms with Crippen LogP contribution in [-0.2, 0) is 11.3 Å². The molecule has 0 spiro atoms. The van der Waals surface area contributed by atoms with Crippen molar-refractivity contribution in [3.63, 3.8) is 0 Å². The van der Waals surface area contributed by atoms with E-state index in [4.69, 9.17) is 14.7 Å². The second-order valence-electron chi connectivity index (χ2n) is 21.1. The number of carbonyl (C=O) groups excluding carboxylic acids is 1. The van der Waals surface area contributed by atoms with Gasteiger partial charge in [0, 0.05) is 57.2 Å². The van der Waals surface area contributed by atoms with Crippen LogP contribution in [0.15, 0.2) is 122 Å². The molecule has 7 aromatic heterocycles. The molecule has 2 fully saturated rings. The normalized spacial score (nSPS) is 14.3. The summed E-state index contributed by atoms with van der Waals surface area (Å²) in [4.78, 5) is 53.5. The molecule has 0 amide bonds. The number of hydrogen-bond donors (Lipinski definition) is 2. The Balaban J connectivity index is 0.000000158. The topological polar surface area (TPSA) is 149 Å². The van der Waals surface area contributed by atoms with Gasteiger partial charge in [-0.05, 0) is 166 Å². The number of carboxylic acids is 1. The van der Waals surface area contributed by atoms with Crippen molar-refractivity contribution < 1.29 is 19.4 Å². The number of ether oxygens (including phenoxy) is 1. The van der Waals surface area contributed by atoms with Crippen molar-refractivity contribution in [1.82, 2.24) is 34.5 Å². The lowest BCUT2D eigenvalue weighted by Crippen LogP contribution is -2.08. The third-order valence-corrected chi connectivity index (χ3v) is 18.1. The fourth-order valence-electron chi connectivity index (χ4n) is 12.3. The lowest BCUT2D eigenvalue weighted by Gasteiger charge is -2.24. The van der Waals surface area contributed by atoms with E-state index in [0.29, 0.717) is 29.5 Å². The quantitative estimate of drug-likeness (QED) is 0.128. The summed E-state index contributed by atoms with van der Waals surface area (Å²) in [6.45, 7) is 8.78. The van der Waals surface area contributed by atoms with Crippen LogP contribution in [0.1, 0.15) is 135 Å². The van der Waals surface area contributed by atoms with Crippen LogP contribution in [0, 0.1) is 27.7 Å². The molecule has 13 rings (SSSR count). The van der Waals surface area contributed by atoms with Crippen LogP contribution in [-0.4, -0.2) is 58.6 Å². The first kappa shape index (κ1) is 50.9. The van der Waals surface area contributed by atoms with Crippen molar-refractivity contribution in [2.24, 2.45) is 0 Å². The number of benzene rings is 4. The summed E-state index contributed by atoms with van der Waals surface area (Å²) in [7, 11) is 1.42. The van der Waals surface area contributed by atoms with E-state index in [1.165, 1.54) is 80.7 Å². The molecule has 2 aliphatic carbocycles. The van der Waals surface area contributed by atoms with Crippen molar-refractivity contribution in [1.29, 1.82) is 0 Å². The molecule has 0 aliphatic heterocycles. The number of thiazole rings is 2. The molecular weight excluding hydrogens is 1010 g/mol. The maximum Gasteiger partial charge on any atom is 0.337 e. The van der Waals surface area contributed by atoms with Gasteiger partial charge in [0.25, 0.3) is 0 Å². The lowest BCUT2D eigenvalue weighted by molar-refractivity contribution is 0.0600. The van der Waals surface area contributed by atoms with Crippen LogP contribution < -0.4 is 0 Å². The highest BCUT2D eigenvalue weighted by Crippen LogP contribution is 2.46. The monoisotopic (exact) mass is 1070 g/mol. The van der Waals surface area contributed by atoms with Crippen LogP contribution in [0.3, 0.4) is 0 Å². The molecule has 0 atom stereocenters. The van der Waals surface area contributed by atoms with E-state index in [2.05, 4.69) is 91.2 Å². The molecule has 0 bridgehead atoms. The average Bonchev–Trinajstić information content (AvgIpc) is 4.30. The van der Waals surface area contributed by atoms with Crippen LogP contribution >= 0.6 is 22.7 Å². The second kappa shape index (κ2) is 21.5. The molecule has 4 aromatic carbocycles. The number of hydrogen-bond acceptors (Lipinski definition) is 10. The SMILES string of the molecule is COC(=O)c1ccc2c(C3CCCCC3)c(-c3ccc4nc(-c5sc(C)nc5C)ccc4c3)[nH]c2c1.Cc1nc(C)c(-c2ccc3cc(-c4c(C5CCCCC5)c5ccc(C(=O)O)cc5n4Cc4ccncc4)ccc3n2)s1. The molecule has 11 aromatic rings. The molecule has 0 saturated heterocycles. The van der Waals surface area contributed by atoms with Gasteiger partial charge in [0.1, 0.15) is 0 Å². The predicted octanol–water partition coefficient (Wildman–Crippen LogP) is 16.7. The Bertz CT molecular complexity index is 4080. The number of H-pyrrole nitrogens is 1. The van der Waals surface area contributed by atoms with Crippen LogP contribution in [0.5, 0.6) is 0 Å². The molecule has 0 radical (unpaired) electrons. The number of aromatic carboxylic acids is 1. The number of aromatic amines is 1. The number of rotatable bonds is 10. The second-order valence-corrected chi connectivity index (χ2v) is 23.5. The summed E-state index contributed by atoms with van der Waals surface area (Å²) < 4.78 is 7.29. The van der Waals surface area contributed by atoms with E-state index in [1.807, 2.05) is 76.5 Å². The number of aryl methyl sites for hydroxylation is 4. The fraction of sp³-hybridized carbons (Fsp3) is 0.277. The Morgan fingerprint density at radius 3 is 1.76 bits per heavy atom. The van der Waals surface area contributed by atoms with E-state index in [0.717, 1.165) is 116 Å². The summed E-state index contributed by atoms with van der Waals surface area (Å²) in [6.07, 6.45) is 15.9. The van der Waals surface area contributed by atoms with Gasteiger partial charge in [-0.3, -0.25) is 4.98 Å². The molecule has 0 unspecified atom stereocenters. The Labute approximate surface area is 461 Å². The van der Waals surface area contributed by atoms with Crippen LogP contribution in [0.2, 0.25) is 0 Å². The standard InChI is InChI=1S/C35H32N4O2S.C30H29N3O2S/c1-21-34(42-22(2)37-21)30-13-9-25-18-26(10-12-29(25)38-30)33-32(24-6-4-3-5-7-24)28-11-8-27(35(40)41)19-31(28)39(33)20-23-14-16-36-17-15-23;1-17-29(36-18(2)31-17)25-14-10-20-15-21(11-13-24(20)32-25)28-27(19-7-5-4-6-8-19)23-12-9-22(30(34)35-3)16-26(23)33-28/h8-19,24H,3-7,20H2,1-2H3,(H,40,41);9-16,19,33H,4-8H2,1-3H3. The van der Waals surface area contributed by atoms with Crippen LogP contribution in [0.4, 0.5) is 0 Å². The van der Waals surface area contributed by atoms with Gasteiger partial charge in [-0.1, -0.05) is 74.9 Å². The first-order valence-corrected chi connectivity index (χ1v) is 28.8. The molecule has 13 heteroatoms. The molecule has 11 nitrogen and oxygen atoms in total. The zero-order valence-electron chi connectivity index (χ0n) is 44.7. The van der Waals surface area contributed by atoms with E-state index >= 15 is 0 Å². The fourth-order valence-corrected chi connectivity index (χ4v) is 14.1. The maximum atomic E-state index is 12.2. The molecule has 2 saturated carbocycles. The minimum absolute atomic E-state index is 0.307. The number of fused-ring (bicyclic) bond motifs is 4. The van der Waals surface area contributed by atoms with E-state index in [9.17, 15) is 14.7 Å². The minimum atomic E-state index is -0.909.